The molecule has 0 unspecified atom stereocenters. The molecule has 0 saturated carbocycles. The van der Waals surface area contributed by atoms with Gasteiger partial charge in [-0.1, -0.05) is 60.7 Å². The lowest BCUT2D eigenvalue weighted by molar-refractivity contribution is -0.173. The van der Waals surface area contributed by atoms with Gasteiger partial charge in [0.05, 0.1) is 0 Å². The fraction of sp³-hybridized carbons (Fsp3) is 0.381. The van der Waals surface area contributed by atoms with Gasteiger partial charge in [0, 0.05) is 18.5 Å². The van der Waals surface area contributed by atoms with Crippen molar-refractivity contribution < 1.29 is 18.0 Å². The Labute approximate surface area is 157 Å². The molecule has 0 atom stereocenters. The number of halogens is 3. The number of nitrogens with one attached hydrogen (secondary N) is 1. The molecule has 27 heavy (non-hydrogen) atoms. The summed E-state index contributed by atoms with van der Waals surface area (Å²) in [5.74, 6) is -1.87. The predicted octanol–water partition coefficient (Wildman–Crippen LogP) is 3.90. The molecule has 0 spiro atoms. The third-order valence-corrected chi connectivity index (χ3v) is 5.29. The molecule has 0 aliphatic carbocycles. The van der Waals surface area contributed by atoms with Crippen LogP contribution in [0.2, 0.25) is 0 Å². The highest BCUT2D eigenvalue weighted by Crippen LogP contribution is 2.35. The van der Waals surface area contributed by atoms with E-state index in [2.05, 4.69) is 22.3 Å². The first kappa shape index (κ1) is 19.4. The van der Waals surface area contributed by atoms with E-state index in [-0.39, 0.29) is 6.54 Å². The molecule has 0 bridgehead atoms. The Balaban J connectivity index is 1.70. The average Bonchev–Trinajstić information content (AvgIpc) is 2.68. The first-order valence-corrected chi connectivity index (χ1v) is 9.06. The van der Waals surface area contributed by atoms with Gasteiger partial charge in [0.2, 0.25) is 0 Å². The molecule has 2 aromatic rings. The van der Waals surface area contributed by atoms with Gasteiger partial charge < -0.3 is 5.32 Å². The number of benzene rings is 2. The van der Waals surface area contributed by atoms with Crippen LogP contribution in [0.25, 0.3) is 0 Å². The molecular formula is C21H23F3N2O. The van der Waals surface area contributed by atoms with Crippen molar-refractivity contribution in [2.24, 2.45) is 0 Å². The summed E-state index contributed by atoms with van der Waals surface area (Å²) in [7, 11) is 0. The minimum absolute atomic E-state index is 0.00542. The van der Waals surface area contributed by atoms with Crippen molar-refractivity contribution in [3.8, 4) is 0 Å². The zero-order valence-corrected chi connectivity index (χ0v) is 15.0. The molecule has 1 fully saturated rings. The molecule has 1 aliphatic heterocycles. The topological polar surface area (TPSA) is 32.3 Å². The maximum atomic E-state index is 12.6. The van der Waals surface area contributed by atoms with Crippen molar-refractivity contribution in [1.82, 2.24) is 10.2 Å². The number of hydrogen-bond donors (Lipinski definition) is 1. The van der Waals surface area contributed by atoms with Gasteiger partial charge in [-0.3, -0.25) is 9.69 Å². The normalized spacial score (nSPS) is 17.4. The summed E-state index contributed by atoms with van der Waals surface area (Å²) in [6.45, 7) is 2.35. The number of piperidine rings is 1. The molecule has 1 saturated heterocycles. The van der Waals surface area contributed by atoms with E-state index in [9.17, 15) is 18.0 Å². The number of likely N-dealkylation sites (tertiary alicyclic amines) is 1. The summed E-state index contributed by atoms with van der Waals surface area (Å²) in [5.41, 5.74) is 1.72. The Morgan fingerprint density at radius 3 is 2.07 bits per heavy atom. The van der Waals surface area contributed by atoms with E-state index >= 15 is 0 Å². The Morgan fingerprint density at radius 2 is 1.52 bits per heavy atom. The Kier molecular flexibility index (Phi) is 5.85. The highest BCUT2D eigenvalue weighted by molar-refractivity contribution is 5.81. The summed E-state index contributed by atoms with van der Waals surface area (Å²) in [6.07, 6.45) is -3.46. The average molecular weight is 376 g/mol. The summed E-state index contributed by atoms with van der Waals surface area (Å²) < 4.78 is 37.8. The summed E-state index contributed by atoms with van der Waals surface area (Å²) >= 11 is 0. The van der Waals surface area contributed by atoms with E-state index < -0.39 is 17.5 Å². The Hall–Kier alpha value is -2.34. The van der Waals surface area contributed by atoms with Crippen molar-refractivity contribution in [2.75, 3.05) is 19.6 Å². The van der Waals surface area contributed by atoms with Crippen LogP contribution in [0.5, 0.6) is 0 Å². The van der Waals surface area contributed by atoms with Crippen molar-refractivity contribution in [3.05, 3.63) is 71.8 Å². The number of alkyl halides is 3. The fourth-order valence-corrected chi connectivity index (χ4v) is 3.69. The molecule has 3 nitrogen and oxygen atoms in total. The summed E-state index contributed by atoms with van der Waals surface area (Å²) in [6, 6.07) is 19.7. The third-order valence-electron chi connectivity index (χ3n) is 5.29. The SMILES string of the molecule is O=C(NCC1(c2ccccc2)CCN(Cc2ccccc2)CC1)C(F)(F)F. The number of hydrogen-bond acceptors (Lipinski definition) is 2. The van der Waals surface area contributed by atoms with Gasteiger partial charge in [0.15, 0.2) is 0 Å². The lowest BCUT2D eigenvalue weighted by Crippen LogP contribution is -2.50. The maximum Gasteiger partial charge on any atom is 0.471 e. The van der Waals surface area contributed by atoms with E-state index in [1.165, 1.54) is 5.56 Å². The first-order chi connectivity index (χ1) is 12.9. The lowest BCUT2D eigenvalue weighted by Gasteiger charge is -2.42. The van der Waals surface area contributed by atoms with Crippen LogP contribution in [0.1, 0.15) is 24.0 Å². The molecule has 1 aliphatic rings. The Morgan fingerprint density at radius 1 is 0.963 bits per heavy atom. The molecule has 1 amide bonds. The zero-order chi connectivity index (χ0) is 19.3. The van der Waals surface area contributed by atoms with Crippen molar-refractivity contribution in [3.63, 3.8) is 0 Å². The number of carbonyl (C=O) groups is 1. The van der Waals surface area contributed by atoms with E-state index in [0.29, 0.717) is 12.8 Å². The standard InChI is InChI=1S/C21H23F3N2O/c22-21(23,24)19(27)25-16-20(18-9-5-2-6-10-18)11-13-26(14-12-20)15-17-7-3-1-4-8-17/h1-10H,11-16H2,(H,25,27). The van der Waals surface area contributed by atoms with Crippen LogP contribution in [0.3, 0.4) is 0 Å². The van der Waals surface area contributed by atoms with Crippen molar-refractivity contribution >= 4 is 5.91 Å². The van der Waals surface area contributed by atoms with Crippen LogP contribution in [0, 0.1) is 0 Å². The van der Waals surface area contributed by atoms with Crippen LogP contribution in [-0.2, 0) is 16.8 Å². The van der Waals surface area contributed by atoms with E-state index in [1.54, 1.807) is 0 Å². The van der Waals surface area contributed by atoms with Gasteiger partial charge in [-0.15, -0.1) is 0 Å². The second-order valence-corrected chi connectivity index (χ2v) is 7.09. The van der Waals surface area contributed by atoms with Gasteiger partial charge in [0.25, 0.3) is 0 Å². The highest BCUT2D eigenvalue weighted by Gasteiger charge is 2.42. The molecular weight excluding hydrogens is 353 g/mol. The van der Waals surface area contributed by atoms with Crippen LogP contribution in [0.4, 0.5) is 13.2 Å². The van der Waals surface area contributed by atoms with Gasteiger partial charge in [-0.05, 0) is 37.1 Å². The first-order valence-electron chi connectivity index (χ1n) is 9.06. The fourth-order valence-electron chi connectivity index (χ4n) is 3.69. The van der Waals surface area contributed by atoms with Gasteiger partial charge in [-0.25, -0.2) is 0 Å². The van der Waals surface area contributed by atoms with Crippen LogP contribution < -0.4 is 5.32 Å². The predicted molar refractivity (Wildman–Crippen MR) is 98.1 cm³/mol. The largest absolute Gasteiger partial charge is 0.471 e. The molecule has 0 radical (unpaired) electrons. The molecule has 1 heterocycles. The Bertz CT molecular complexity index is 739. The van der Waals surface area contributed by atoms with E-state index in [0.717, 1.165) is 25.2 Å². The van der Waals surface area contributed by atoms with E-state index in [1.807, 2.05) is 48.5 Å². The van der Waals surface area contributed by atoms with E-state index in [4.69, 9.17) is 0 Å². The second kappa shape index (κ2) is 8.13. The number of amides is 1. The summed E-state index contributed by atoms with van der Waals surface area (Å²) in [4.78, 5) is 13.6. The minimum Gasteiger partial charge on any atom is -0.347 e. The van der Waals surface area contributed by atoms with Gasteiger partial charge >= 0.3 is 12.1 Å². The molecule has 0 aromatic heterocycles. The number of nitrogens with zero attached hydrogens (tertiary/aromatic N) is 1. The lowest BCUT2D eigenvalue weighted by atomic mass is 9.72. The zero-order valence-electron chi connectivity index (χ0n) is 15.0. The van der Waals surface area contributed by atoms with Crippen LogP contribution in [0.15, 0.2) is 60.7 Å². The monoisotopic (exact) mass is 376 g/mol. The van der Waals surface area contributed by atoms with Crippen LogP contribution >= 0.6 is 0 Å². The number of rotatable bonds is 5. The van der Waals surface area contributed by atoms with Gasteiger partial charge in [0.1, 0.15) is 0 Å². The molecule has 1 N–H and O–H groups in total. The molecule has 3 rings (SSSR count). The molecule has 2 aromatic carbocycles. The van der Waals surface area contributed by atoms with Gasteiger partial charge in [-0.2, -0.15) is 13.2 Å². The summed E-state index contributed by atoms with van der Waals surface area (Å²) in [5, 5.41) is 2.11. The number of carbonyl (C=O) groups excluding carboxylic acids is 1. The highest BCUT2D eigenvalue weighted by atomic mass is 19.4. The quantitative estimate of drug-likeness (QED) is 0.859. The van der Waals surface area contributed by atoms with Crippen molar-refractivity contribution in [2.45, 2.75) is 31.0 Å². The molecule has 6 heteroatoms. The third kappa shape index (κ3) is 4.89. The maximum absolute atomic E-state index is 12.6. The second-order valence-electron chi connectivity index (χ2n) is 7.09. The van der Waals surface area contributed by atoms with Crippen LogP contribution in [-0.4, -0.2) is 36.6 Å². The molecule has 144 valence electrons. The smallest absolute Gasteiger partial charge is 0.347 e. The minimum atomic E-state index is -4.86. The van der Waals surface area contributed by atoms with Crippen molar-refractivity contribution in [1.29, 1.82) is 0 Å².